The molecule has 3 heterocycles. The maximum atomic E-state index is 10.3. The van der Waals surface area contributed by atoms with Gasteiger partial charge >= 0.3 is 0 Å². The molecule has 0 amide bonds. The van der Waals surface area contributed by atoms with Gasteiger partial charge in [-0.15, -0.1) is 11.3 Å². The molecule has 1 aromatic carbocycles. The van der Waals surface area contributed by atoms with Crippen molar-refractivity contribution < 1.29 is 5.11 Å². The van der Waals surface area contributed by atoms with Gasteiger partial charge in [-0.3, -0.25) is 4.90 Å². The van der Waals surface area contributed by atoms with Crippen molar-refractivity contribution in [3.63, 3.8) is 0 Å². The van der Waals surface area contributed by atoms with E-state index in [4.69, 9.17) is 4.99 Å². The molecule has 0 radical (unpaired) electrons. The van der Waals surface area contributed by atoms with Crippen molar-refractivity contribution in [2.24, 2.45) is 4.99 Å². The van der Waals surface area contributed by atoms with Crippen LogP contribution in [-0.4, -0.2) is 59.1 Å². The molecule has 6 heteroatoms. The number of benzene rings is 1. The van der Waals surface area contributed by atoms with Gasteiger partial charge in [0, 0.05) is 30.6 Å². The summed E-state index contributed by atoms with van der Waals surface area (Å²) in [7, 11) is 2.15. The van der Waals surface area contributed by atoms with Crippen LogP contribution in [0.3, 0.4) is 0 Å². The van der Waals surface area contributed by atoms with Crippen LogP contribution in [0.1, 0.15) is 30.7 Å². The summed E-state index contributed by atoms with van der Waals surface area (Å²) in [5, 5.41) is 15.1. The first-order valence-corrected chi connectivity index (χ1v) is 10.3. The second-order valence-corrected chi connectivity index (χ2v) is 9.53. The highest BCUT2D eigenvalue weighted by atomic mass is 32.1. The van der Waals surface area contributed by atoms with Crippen LogP contribution >= 0.6 is 11.3 Å². The lowest BCUT2D eigenvalue weighted by atomic mass is 9.96. The number of para-hydroxylation sites is 2. The van der Waals surface area contributed by atoms with Crippen molar-refractivity contribution in [2.45, 2.75) is 38.8 Å². The number of thiophene rings is 1. The standard InChI is InChI=1S/C21H28N4OS/c1-14-11-16-19(22-17-7-5-6-8-18(17)23-20(16)27-14)25-10-9-24(4)15(13-25)12-21(2,3)26/h5-8,11,15,23,26H,9-10,12-13H2,1-4H3. The zero-order valence-electron chi connectivity index (χ0n) is 16.5. The van der Waals surface area contributed by atoms with Gasteiger partial charge < -0.3 is 15.3 Å². The molecular weight excluding hydrogens is 356 g/mol. The number of nitrogens with one attached hydrogen (secondary N) is 1. The highest BCUT2D eigenvalue weighted by Gasteiger charge is 2.32. The number of aliphatic hydroxyl groups is 1. The Kier molecular flexibility index (Phi) is 4.74. The highest BCUT2D eigenvalue weighted by molar-refractivity contribution is 7.16. The van der Waals surface area contributed by atoms with Crippen LogP contribution in [0.15, 0.2) is 35.3 Å². The van der Waals surface area contributed by atoms with Crippen LogP contribution in [0.5, 0.6) is 0 Å². The monoisotopic (exact) mass is 384 g/mol. The van der Waals surface area contributed by atoms with E-state index in [1.54, 1.807) is 11.3 Å². The van der Waals surface area contributed by atoms with E-state index in [1.807, 2.05) is 26.0 Å². The number of hydrogen-bond acceptors (Lipinski definition) is 6. The van der Waals surface area contributed by atoms with E-state index in [9.17, 15) is 5.11 Å². The molecule has 1 aromatic heterocycles. The minimum Gasteiger partial charge on any atom is -0.390 e. The molecule has 144 valence electrons. The van der Waals surface area contributed by atoms with Crippen molar-refractivity contribution in [1.82, 2.24) is 9.80 Å². The summed E-state index contributed by atoms with van der Waals surface area (Å²) in [6, 6.07) is 10.8. The zero-order chi connectivity index (χ0) is 19.2. The number of rotatable bonds is 2. The summed E-state index contributed by atoms with van der Waals surface area (Å²) in [5.41, 5.74) is 2.54. The van der Waals surface area contributed by atoms with E-state index in [-0.39, 0.29) is 0 Å². The molecule has 2 N–H and O–H groups in total. The van der Waals surface area contributed by atoms with Gasteiger partial charge in [0.15, 0.2) is 0 Å². The number of aliphatic imine (C=N–C) groups is 1. The normalized spacial score (nSPS) is 20.4. The van der Waals surface area contributed by atoms with Gasteiger partial charge in [-0.05, 0) is 52.4 Å². The van der Waals surface area contributed by atoms with Crippen LogP contribution in [0.4, 0.5) is 16.4 Å². The van der Waals surface area contributed by atoms with Gasteiger partial charge in [-0.25, -0.2) is 4.99 Å². The van der Waals surface area contributed by atoms with Crippen LogP contribution in [0.25, 0.3) is 0 Å². The lowest BCUT2D eigenvalue weighted by Crippen LogP contribution is -2.55. The summed E-state index contributed by atoms with van der Waals surface area (Å²) in [6.07, 6.45) is 0.748. The van der Waals surface area contributed by atoms with Gasteiger partial charge in [0.05, 0.1) is 22.5 Å². The molecule has 1 saturated heterocycles. The second-order valence-electron chi connectivity index (χ2n) is 8.27. The Balaban J connectivity index is 1.71. The van der Waals surface area contributed by atoms with E-state index in [2.05, 4.69) is 47.3 Å². The minimum atomic E-state index is -0.675. The predicted octanol–water partition coefficient (Wildman–Crippen LogP) is 3.97. The van der Waals surface area contributed by atoms with E-state index in [0.29, 0.717) is 6.04 Å². The van der Waals surface area contributed by atoms with Crippen molar-refractivity contribution in [2.75, 3.05) is 32.0 Å². The van der Waals surface area contributed by atoms with Crippen molar-refractivity contribution in [3.05, 3.63) is 40.8 Å². The molecule has 1 fully saturated rings. The van der Waals surface area contributed by atoms with Crippen molar-refractivity contribution in [1.29, 1.82) is 0 Å². The lowest BCUT2D eigenvalue weighted by molar-refractivity contribution is 0.0218. The number of amidine groups is 1. The quantitative estimate of drug-likeness (QED) is 0.823. The van der Waals surface area contributed by atoms with Gasteiger partial charge in [0.2, 0.25) is 0 Å². The highest BCUT2D eigenvalue weighted by Crippen LogP contribution is 2.39. The Morgan fingerprint density at radius 3 is 2.85 bits per heavy atom. The molecule has 2 aliphatic rings. The third-order valence-electron chi connectivity index (χ3n) is 5.29. The first kappa shape index (κ1) is 18.5. The topological polar surface area (TPSA) is 51.1 Å². The summed E-state index contributed by atoms with van der Waals surface area (Å²) >= 11 is 1.78. The van der Waals surface area contributed by atoms with Gasteiger partial charge in [0.1, 0.15) is 10.8 Å². The number of likely N-dealkylation sites (N-methyl/N-ethyl adjacent to an activating group) is 1. The number of aryl methyl sites for hydroxylation is 1. The lowest BCUT2D eigenvalue weighted by Gasteiger charge is -2.42. The molecule has 0 spiro atoms. The van der Waals surface area contributed by atoms with E-state index < -0.39 is 5.60 Å². The Labute approximate surface area is 165 Å². The van der Waals surface area contributed by atoms with Crippen LogP contribution < -0.4 is 5.32 Å². The number of anilines is 2. The fourth-order valence-corrected chi connectivity index (χ4v) is 4.84. The van der Waals surface area contributed by atoms with E-state index in [0.717, 1.165) is 48.3 Å². The summed E-state index contributed by atoms with van der Waals surface area (Å²) in [6.45, 7) is 8.70. The van der Waals surface area contributed by atoms with Crippen LogP contribution in [0.2, 0.25) is 0 Å². The van der Waals surface area contributed by atoms with E-state index in [1.165, 1.54) is 10.4 Å². The largest absolute Gasteiger partial charge is 0.390 e. The average molecular weight is 385 g/mol. The van der Waals surface area contributed by atoms with E-state index >= 15 is 0 Å². The maximum absolute atomic E-state index is 10.3. The number of piperazine rings is 1. The Morgan fingerprint density at radius 2 is 2.07 bits per heavy atom. The summed E-state index contributed by atoms with van der Waals surface area (Å²) in [5.74, 6) is 1.04. The van der Waals surface area contributed by atoms with Crippen LogP contribution in [0, 0.1) is 6.92 Å². The van der Waals surface area contributed by atoms with Gasteiger partial charge in [-0.2, -0.15) is 0 Å². The second kappa shape index (κ2) is 6.93. The zero-order valence-corrected chi connectivity index (χ0v) is 17.3. The molecular formula is C21H28N4OS. The summed E-state index contributed by atoms with van der Waals surface area (Å²) < 4.78 is 0. The maximum Gasteiger partial charge on any atom is 0.139 e. The third-order valence-corrected chi connectivity index (χ3v) is 6.25. The molecule has 2 aromatic rings. The molecule has 0 aliphatic carbocycles. The Bertz CT molecular complexity index is 867. The number of fused-ring (bicyclic) bond motifs is 2. The molecule has 1 atom stereocenters. The SMILES string of the molecule is Cc1cc2c(s1)Nc1ccccc1N=C2N1CCN(C)C(CC(C)(C)O)C1. The van der Waals surface area contributed by atoms with Crippen LogP contribution in [-0.2, 0) is 0 Å². The van der Waals surface area contributed by atoms with Crippen molar-refractivity contribution in [3.8, 4) is 0 Å². The summed E-state index contributed by atoms with van der Waals surface area (Å²) in [4.78, 5) is 11.1. The Hall–Kier alpha value is -1.89. The minimum absolute atomic E-state index is 0.302. The van der Waals surface area contributed by atoms with Gasteiger partial charge in [-0.1, -0.05) is 12.1 Å². The molecule has 1 unspecified atom stereocenters. The number of hydrogen-bond donors (Lipinski definition) is 2. The smallest absolute Gasteiger partial charge is 0.139 e. The third kappa shape index (κ3) is 3.88. The fraction of sp³-hybridized carbons (Fsp3) is 0.476. The molecule has 2 aliphatic heterocycles. The fourth-order valence-electron chi connectivity index (χ4n) is 3.92. The molecule has 0 bridgehead atoms. The molecule has 5 nitrogen and oxygen atoms in total. The first-order chi connectivity index (χ1) is 12.8. The van der Waals surface area contributed by atoms with Crippen molar-refractivity contribution >= 4 is 33.5 Å². The average Bonchev–Trinajstić information content (AvgIpc) is 2.87. The molecule has 27 heavy (non-hydrogen) atoms. The predicted molar refractivity (Wildman–Crippen MR) is 114 cm³/mol. The number of nitrogens with zero attached hydrogens (tertiary/aromatic N) is 3. The Morgan fingerprint density at radius 1 is 1.30 bits per heavy atom. The molecule has 0 saturated carbocycles. The van der Waals surface area contributed by atoms with Gasteiger partial charge in [0.25, 0.3) is 0 Å². The molecule has 4 rings (SSSR count). The first-order valence-electron chi connectivity index (χ1n) is 9.53.